The number of amides is 1. The molecule has 0 aromatic heterocycles. The number of hydrogen-bond donors (Lipinski definition) is 1. The van der Waals surface area contributed by atoms with Crippen molar-refractivity contribution in [3.63, 3.8) is 0 Å². The molecule has 0 spiro atoms. The predicted octanol–water partition coefficient (Wildman–Crippen LogP) is 4.45. The number of nitrogens with one attached hydrogen (secondary N) is 1. The van der Waals surface area contributed by atoms with E-state index in [-0.39, 0.29) is 11.6 Å². The van der Waals surface area contributed by atoms with Crippen LogP contribution in [0.2, 0.25) is 0 Å². The van der Waals surface area contributed by atoms with Gasteiger partial charge in [0.05, 0.1) is 5.69 Å². The topological polar surface area (TPSA) is 29.1 Å². The zero-order valence-corrected chi connectivity index (χ0v) is 12.8. The van der Waals surface area contributed by atoms with Crippen LogP contribution in [-0.4, -0.2) is 5.91 Å². The van der Waals surface area contributed by atoms with Gasteiger partial charge in [-0.3, -0.25) is 4.79 Å². The Kier molecular flexibility index (Phi) is 4.34. The number of carbonyl (C=O) groups is 1. The van der Waals surface area contributed by atoms with Gasteiger partial charge in [-0.15, -0.1) is 0 Å². The Morgan fingerprint density at radius 3 is 2.72 bits per heavy atom. The second-order valence-electron chi connectivity index (χ2n) is 3.59. The van der Waals surface area contributed by atoms with Gasteiger partial charge in [-0.1, -0.05) is 22.0 Å². The van der Waals surface area contributed by atoms with Gasteiger partial charge in [-0.25, -0.2) is 4.39 Å². The Balaban J connectivity index is 2.24. The Labute approximate surface area is 126 Å². The smallest absolute Gasteiger partial charge is 0.255 e. The average molecular weight is 420 g/mol. The molecular formula is C13H8BrFINO. The maximum Gasteiger partial charge on any atom is 0.255 e. The molecule has 0 radical (unpaired) electrons. The summed E-state index contributed by atoms with van der Waals surface area (Å²) in [5.41, 5.74) is 0.662. The van der Waals surface area contributed by atoms with Crippen LogP contribution in [0.5, 0.6) is 0 Å². The highest BCUT2D eigenvalue weighted by molar-refractivity contribution is 14.1. The molecule has 0 aliphatic heterocycles. The summed E-state index contributed by atoms with van der Waals surface area (Å²) in [6, 6.07) is 11.5. The maximum absolute atomic E-state index is 13.5. The Hall–Kier alpha value is -0.950. The third kappa shape index (κ3) is 3.29. The fourth-order valence-electron chi connectivity index (χ4n) is 1.42. The van der Waals surface area contributed by atoms with Crippen LogP contribution >= 0.6 is 38.5 Å². The first-order valence-corrected chi connectivity index (χ1v) is 6.95. The van der Waals surface area contributed by atoms with Gasteiger partial charge >= 0.3 is 0 Å². The summed E-state index contributed by atoms with van der Waals surface area (Å²) in [6.45, 7) is 0. The number of carbonyl (C=O) groups excluding carboxylic acids is 1. The second kappa shape index (κ2) is 5.79. The summed E-state index contributed by atoms with van der Waals surface area (Å²) >= 11 is 5.36. The fraction of sp³-hybridized carbons (Fsp3) is 0. The quantitative estimate of drug-likeness (QED) is 0.716. The first-order chi connectivity index (χ1) is 8.56. The van der Waals surface area contributed by atoms with E-state index < -0.39 is 5.82 Å². The van der Waals surface area contributed by atoms with E-state index in [2.05, 4.69) is 43.8 Å². The third-order valence-electron chi connectivity index (χ3n) is 2.26. The molecule has 0 saturated carbocycles. The van der Waals surface area contributed by atoms with Crippen molar-refractivity contribution in [1.29, 1.82) is 0 Å². The lowest BCUT2D eigenvalue weighted by atomic mass is 10.2. The van der Waals surface area contributed by atoms with Crippen LogP contribution < -0.4 is 5.32 Å². The van der Waals surface area contributed by atoms with Crippen molar-refractivity contribution in [2.45, 2.75) is 0 Å². The Morgan fingerprint density at radius 2 is 2.00 bits per heavy atom. The zero-order valence-electron chi connectivity index (χ0n) is 9.08. The molecule has 92 valence electrons. The first kappa shape index (κ1) is 13.5. The van der Waals surface area contributed by atoms with E-state index in [0.29, 0.717) is 10.0 Å². The fourth-order valence-corrected chi connectivity index (χ4v) is 2.32. The van der Waals surface area contributed by atoms with Crippen molar-refractivity contribution in [2.24, 2.45) is 0 Å². The summed E-state index contributed by atoms with van der Waals surface area (Å²) in [5.74, 6) is -0.789. The van der Waals surface area contributed by atoms with Crippen LogP contribution in [0.25, 0.3) is 0 Å². The van der Waals surface area contributed by atoms with Crippen LogP contribution in [0.4, 0.5) is 10.1 Å². The van der Waals surface area contributed by atoms with Crippen molar-refractivity contribution >= 4 is 50.1 Å². The van der Waals surface area contributed by atoms with E-state index in [1.54, 1.807) is 24.3 Å². The third-order valence-corrected chi connectivity index (χ3v) is 3.43. The molecule has 0 fully saturated rings. The lowest BCUT2D eigenvalue weighted by Gasteiger charge is -2.07. The minimum absolute atomic E-state index is 0.160. The summed E-state index contributed by atoms with van der Waals surface area (Å²) < 4.78 is 15.2. The van der Waals surface area contributed by atoms with E-state index >= 15 is 0 Å². The molecule has 0 bridgehead atoms. The van der Waals surface area contributed by atoms with Gasteiger partial charge in [-0.2, -0.15) is 0 Å². The van der Waals surface area contributed by atoms with Crippen LogP contribution in [0.1, 0.15) is 10.4 Å². The van der Waals surface area contributed by atoms with Gasteiger partial charge < -0.3 is 5.32 Å². The molecule has 2 nitrogen and oxygen atoms in total. The predicted molar refractivity (Wildman–Crippen MR) is 81.2 cm³/mol. The van der Waals surface area contributed by atoms with E-state index in [9.17, 15) is 9.18 Å². The lowest BCUT2D eigenvalue weighted by molar-refractivity contribution is 0.102. The molecule has 1 N–H and O–H groups in total. The number of rotatable bonds is 2. The normalized spacial score (nSPS) is 10.2. The summed E-state index contributed by atoms with van der Waals surface area (Å²) in [4.78, 5) is 11.9. The molecule has 2 rings (SSSR count). The molecule has 0 saturated heterocycles. The van der Waals surface area contributed by atoms with Gasteiger partial charge in [-0.05, 0) is 59.0 Å². The minimum atomic E-state index is -0.461. The minimum Gasteiger partial charge on any atom is -0.319 e. The largest absolute Gasteiger partial charge is 0.319 e. The highest BCUT2D eigenvalue weighted by Gasteiger charge is 2.09. The molecular weight excluding hydrogens is 412 g/mol. The molecule has 0 aliphatic rings. The van der Waals surface area contributed by atoms with Gasteiger partial charge in [0, 0.05) is 13.6 Å². The van der Waals surface area contributed by atoms with E-state index in [4.69, 9.17) is 0 Å². The van der Waals surface area contributed by atoms with Crippen LogP contribution in [0.15, 0.2) is 46.9 Å². The van der Waals surface area contributed by atoms with Crippen molar-refractivity contribution in [2.75, 3.05) is 5.32 Å². The summed E-state index contributed by atoms with van der Waals surface area (Å²) in [7, 11) is 0. The molecule has 5 heteroatoms. The molecule has 18 heavy (non-hydrogen) atoms. The summed E-state index contributed by atoms with van der Waals surface area (Å²) in [6.07, 6.45) is 0. The lowest BCUT2D eigenvalue weighted by Crippen LogP contribution is -2.13. The monoisotopic (exact) mass is 419 g/mol. The first-order valence-electron chi connectivity index (χ1n) is 5.08. The van der Waals surface area contributed by atoms with Crippen molar-refractivity contribution in [1.82, 2.24) is 0 Å². The summed E-state index contributed by atoms with van der Waals surface area (Å²) in [5, 5.41) is 2.55. The molecule has 0 aliphatic carbocycles. The van der Waals surface area contributed by atoms with Crippen molar-refractivity contribution in [3.05, 3.63) is 61.9 Å². The van der Waals surface area contributed by atoms with E-state index in [0.717, 1.165) is 3.57 Å². The van der Waals surface area contributed by atoms with Gasteiger partial charge in [0.25, 0.3) is 5.91 Å². The van der Waals surface area contributed by atoms with E-state index in [1.807, 2.05) is 6.07 Å². The van der Waals surface area contributed by atoms with Crippen molar-refractivity contribution < 1.29 is 9.18 Å². The molecule has 2 aromatic rings. The van der Waals surface area contributed by atoms with Gasteiger partial charge in [0.1, 0.15) is 5.82 Å². The second-order valence-corrected chi connectivity index (χ2v) is 5.75. The standard InChI is InChI=1S/C13H8BrFINO/c14-9-4-5-11(15)12(7-9)17-13(18)8-2-1-3-10(16)6-8/h1-7H,(H,17,18). The number of halogens is 3. The molecule has 0 unspecified atom stereocenters. The number of benzene rings is 2. The van der Waals surface area contributed by atoms with Gasteiger partial charge in [0.2, 0.25) is 0 Å². The molecule has 0 atom stereocenters. The average Bonchev–Trinajstić information content (AvgIpc) is 2.34. The Morgan fingerprint density at radius 1 is 1.22 bits per heavy atom. The van der Waals surface area contributed by atoms with Crippen LogP contribution in [0.3, 0.4) is 0 Å². The molecule has 1 amide bonds. The molecule has 0 heterocycles. The van der Waals surface area contributed by atoms with Crippen molar-refractivity contribution in [3.8, 4) is 0 Å². The maximum atomic E-state index is 13.5. The highest BCUT2D eigenvalue weighted by atomic mass is 127. The van der Waals surface area contributed by atoms with Crippen LogP contribution in [0, 0.1) is 9.39 Å². The molecule has 2 aromatic carbocycles. The number of hydrogen-bond acceptors (Lipinski definition) is 1. The zero-order chi connectivity index (χ0) is 13.1. The SMILES string of the molecule is O=C(Nc1cc(Br)ccc1F)c1cccc(I)c1. The highest BCUT2D eigenvalue weighted by Crippen LogP contribution is 2.21. The number of anilines is 1. The van der Waals surface area contributed by atoms with E-state index in [1.165, 1.54) is 12.1 Å². The van der Waals surface area contributed by atoms with Crippen LogP contribution in [-0.2, 0) is 0 Å². The van der Waals surface area contributed by atoms with Gasteiger partial charge in [0.15, 0.2) is 0 Å². The Bertz CT molecular complexity index is 603.